The van der Waals surface area contributed by atoms with Crippen LogP contribution in [0.1, 0.15) is 5.56 Å². The van der Waals surface area contributed by atoms with E-state index in [0.717, 1.165) is 4.70 Å². The first kappa shape index (κ1) is 14.0. The summed E-state index contributed by atoms with van der Waals surface area (Å²) in [6.07, 6.45) is 0. The van der Waals surface area contributed by atoms with Crippen LogP contribution in [0.3, 0.4) is 0 Å². The van der Waals surface area contributed by atoms with E-state index < -0.39 is 9.84 Å². The van der Waals surface area contributed by atoms with Crippen molar-refractivity contribution in [2.75, 3.05) is 7.11 Å². The number of methoxy groups -OCH3 is 1. The van der Waals surface area contributed by atoms with Gasteiger partial charge in [-0.3, -0.25) is 0 Å². The molecule has 0 aliphatic rings. The Hall–Kier alpha value is -1.92. The Labute approximate surface area is 126 Å². The minimum absolute atomic E-state index is 0.0793. The van der Waals surface area contributed by atoms with Gasteiger partial charge in [0.1, 0.15) is 5.75 Å². The van der Waals surface area contributed by atoms with Gasteiger partial charge in [0.15, 0.2) is 0 Å². The third kappa shape index (κ3) is 2.91. The Morgan fingerprint density at radius 2 is 1.95 bits per heavy atom. The Kier molecular flexibility index (Phi) is 3.65. The summed E-state index contributed by atoms with van der Waals surface area (Å²) in [5.41, 5.74) is 1.40. The lowest BCUT2D eigenvalue weighted by Gasteiger charge is -2.04. The SMILES string of the molecule is COc1cccc(CS(=O)(=O)c2nc3ccccc3s2)c1. The van der Waals surface area contributed by atoms with Gasteiger partial charge < -0.3 is 4.74 Å². The Morgan fingerprint density at radius 1 is 1.14 bits per heavy atom. The van der Waals surface area contributed by atoms with Crippen molar-refractivity contribution in [1.82, 2.24) is 4.98 Å². The number of sulfone groups is 1. The third-order valence-electron chi connectivity index (χ3n) is 3.03. The molecule has 0 bridgehead atoms. The van der Waals surface area contributed by atoms with Gasteiger partial charge in [0.25, 0.3) is 0 Å². The molecule has 0 atom stereocenters. The number of hydrogen-bond donors (Lipinski definition) is 0. The number of para-hydroxylation sites is 1. The maximum Gasteiger partial charge on any atom is 0.210 e. The fraction of sp³-hybridized carbons (Fsp3) is 0.133. The molecule has 0 unspecified atom stereocenters. The molecule has 0 N–H and O–H groups in total. The lowest BCUT2D eigenvalue weighted by atomic mass is 10.2. The van der Waals surface area contributed by atoms with Crippen molar-refractivity contribution in [2.45, 2.75) is 10.1 Å². The number of aromatic nitrogens is 1. The summed E-state index contributed by atoms with van der Waals surface area (Å²) < 4.78 is 31.1. The molecule has 4 nitrogen and oxygen atoms in total. The maximum absolute atomic E-state index is 12.5. The Balaban J connectivity index is 1.96. The lowest BCUT2D eigenvalue weighted by Crippen LogP contribution is -2.04. The van der Waals surface area contributed by atoms with Crippen LogP contribution in [0.15, 0.2) is 52.9 Å². The first-order chi connectivity index (χ1) is 10.1. The monoisotopic (exact) mass is 319 g/mol. The summed E-state index contributed by atoms with van der Waals surface area (Å²) >= 11 is 1.20. The maximum atomic E-state index is 12.5. The highest BCUT2D eigenvalue weighted by Gasteiger charge is 2.20. The van der Waals surface area contributed by atoms with Crippen LogP contribution >= 0.6 is 11.3 Å². The van der Waals surface area contributed by atoms with Crippen LogP contribution < -0.4 is 4.74 Å². The van der Waals surface area contributed by atoms with Crippen LogP contribution in [0.5, 0.6) is 5.75 Å². The molecule has 1 aromatic heterocycles. The van der Waals surface area contributed by atoms with Crippen LogP contribution in [0, 0.1) is 0 Å². The predicted molar refractivity (Wildman–Crippen MR) is 83.5 cm³/mol. The number of nitrogens with zero attached hydrogens (tertiary/aromatic N) is 1. The number of hydrogen-bond acceptors (Lipinski definition) is 5. The lowest BCUT2D eigenvalue weighted by molar-refractivity contribution is 0.414. The largest absolute Gasteiger partial charge is 0.497 e. The molecule has 0 aliphatic heterocycles. The molecular formula is C15H13NO3S2. The quantitative estimate of drug-likeness (QED) is 0.740. The van der Waals surface area contributed by atoms with Crippen molar-refractivity contribution < 1.29 is 13.2 Å². The molecule has 3 rings (SSSR count). The molecule has 108 valence electrons. The van der Waals surface area contributed by atoms with E-state index in [4.69, 9.17) is 4.74 Å². The summed E-state index contributed by atoms with van der Waals surface area (Å²) in [4.78, 5) is 4.22. The van der Waals surface area contributed by atoms with E-state index in [0.29, 0.717) is 16.8 Å². The number of benzene rings is 2. The van der Waals surface area contributed by atoms with E-state index >= 15 is 0 Å². The van der Waals surface area contributed by atoms with Gasteiger partial charge in [0, 0.05) is 0 Å². The summed E-state index contributed by atoms with van der Waals surface area (Å²) in [7, 11) is -1.89. The smallest absolute Gasteiger partial charge is 0.210 e. The van der Waals surface area contributed by atoms with Gasteiger partial charge >= 0.3 is 0 Å². The molecule has 0 radical (unpaired) electrons. The van der Waals surface area contributed by atoms with Crippen LogP contribution in [-0.2, 0) is 15.6 Å². The second-order valence-electron chi connectivity index (χ2n) is 4.56. The average Bonchev–Trinajstić information content (AvgIpc) is 2.92. The van der Waals surface area contributed by atoms with Gasteiger partial charge in [0.2, 0.25) is 14.2 Å². The molecule has 0 amide bonds. The molecule has 2 aromatic carbocycles. The number of rotatable bonds is 4. The van der Waals surface area contributed by atoms with Crippen molar-refractivity contribution in [3.8, 4) is 5.75 Å². The van der Waals surface area contributed by atoms with Crippen LogP contribution in [0.25, 0.3) is 10.2 Å². The van der Waals surface area contributed by atoms with E-state index in [9.17, 15) is 8.42 Å². The Morgan fingerprint density at radius 3 is 2.71 bits per heavy atom. The topological polar surface area (TPSA) is 56.3 Å². The van der Waals surface area contributed by atoms with Crippen molar-refractivity contribution >= 4 is 31.4 Å². The second kappa shape index (κ2) is 5.46. The van der Waals surface area contributed by atoms with Gasteiger partial charge in [-0.1, -0.05) is 24.3 Å². The van der Waals surface area contributed by atoms with Gasteiger partial charge in [-0.05, 0) is 29.8 Å². The summed E-state index contributed by atoms with van der Waals surface area (Å²) in [6.45, 7) is 0. The van der Waals surface area contributed by atoms with Crippen LogP contribution in [0.4, 0.5) is 0 Å². The van der Waals surface area contributed by atoms with Gasteiger partial charge in [0.05, 0.1) is 23.1 Å². The average molecular weight is 319 g/mol. The van der Waals surface area contributed by atoms with E-state index in [1.165, 1.54) is 11.3 Å². The predicted octanol–water partition coefficient (Wildman–Crippen LogP) is 3.28. The molecule has 0 aliphatic carbocycles. The zero-order valence-corrected chi connectivity index (χ0v) is 12.9. The standard InChI is InChI=1S/C15H13NO3S2/c1-19-12-6-4-5-11(9-12)10-21(17,18)15-16-13-7-2-3-8-14(13)20-15/h2-9H,10H2,1H3. The zero-order valence-electron chi connectivity index (χ0n) is 11.3. The summed E-state index contributed by atoms with van der Waals surface area (Å²) in [5.74, 6) is 0.566. The second-order valence-corrected chi connectivity index (χ2v) is 7.75. The van der Waals surface area contributed by atoms with Gasteiger partial charge in [-0.2, -0.15) is 0 Å². The third-order valence-corrected chi connectivity index (χ3v) is 6.21. The van der Waals surface area contributed by atoms with Crippen molar-refractivity contribution in [1.29, 1.82) is 0 Å². The van der Waals surface area contributed by atoms with E-state index in [1.54, 1.807) is 31.4 Å². The molecule has 21 heavy (non-hydrogen) atoms. The minimum atomic E-state index is -3.45. The van der Waals surface area contributed by atoms with Crippen molar-refractivity contribution in [2.24, 2.45) is 0 Å². The molecular weight excluding hydrogens is 306 g/mol. The minimum Gasteiger partial charge on any atom is -0.497 e. The molecule has 1 heterocycles. The van der Waals surface area contributed by atoms with Crippen molar-refractivity contribution in [3.05, 3.63) is 54.1 Å². The molecule has 0 spiro atoms. The first-order valence-electron chi connectivity index (χ1n) is 6.30. The molecule has 0 saturated heterocycles. The molecule has 6 heteroatoms. The van der Waals surface area contributed by atoms with E-state index in [-0.39, 0.29) is 10.1 Å². The van der Waals surface area contributed by atoms with E-state index in [1.807, 2.05) is 24.3 Å². The normalized spacial score (nSPS) is 11.7. The van der Waals surface area contributed by atoms with Crippen LogP contribution in [-0.4, -0.2) is 20.5 Å². The first-order valence-corrected chi connectivity index (χ1v) is 8.76. The molecule has 0 saturated carbocycles. The summed E-state index contributed by atoms with van der Waals surface area (Å²) in [6, 6.07) is 14.5. The fourth-order valence-corrected chi connectivity index (χ4v) is 4.66. The van der Waals surface area contributed by atoms with Gasteiger partial charge in [-0.25, -0.2) is 13.4 Å². The number of fused-ring (bicyclic) bond motifs is 1. The number of thiazole rings is 1. The number of ether oxygens (including phenoxy) is 1. The summed E-state index contributed by atoms with van der Waals surface area (Å²) in [5, 5.41) is 0. The zero-order chi connectivity index (χ0) is 14.9. The van der Waals surface area contributed by atoms with Crippen LogP contribution in [0.2, 0.25) is 0 Å². The highest BCUT2D eigenvalue weighted by atomic mass is 32.2. The fourth-order valence-electron chi connectivity index (χ4n) is 2.03. The van der Waals surface area contributed by atoms with E-state index in [2.05, 4.69) is 4.98 Å². The van der Waals surface area contributed by atoms with Crippen molar-refractivity contribution in [3.63, 3.8) is 0 Å². The molecule has 0 fully saturated rings. The van der Waals surface area contributed by atoms with Gasteiger partial charge in [-0.15, -0.1) is 11.3 Å². The highest BCUT2D eigenvalue weighted by Crippen LogP contribution is 2.27. The Bertz CT molecular complexity index is 852. The highest BCUT2D eigenvalue weighted by molar-refractivity contribution is 7.92. The molecule has 3 aromatic rings.